The van der Waals surface area contributed by atoms with Gasteiger partial charge in [-0.05, 0) is 31.2 Å². The van der Waals surface area contributed by atoms with Gasteiger partial charge in [-0.2, -0.15) is 0 Å². The molecule has 0 radical (unpaired) electrons. The van der Waals surface area contributed by atoms with Crippen LogP contribution in [0.4, 0.5) is 0 Å². The second-order valence-corrected chi connectivity index (χ2v) is 13.3. The summed E-state index contributed by atoms with van der Waals surface area (Å²) in [4.78, 5) is 45.7. The highest BCUT2D eigenvalue weighted by molar-refractivity contribution is 9.09. The van der Waals surface area contributed by atoms with Crippen LogP contribution < -0.4 is 0 Å². The van der Waals surface area contributed by atoms with Crippen LogP contribution in [-0.2, 0) is 19.1 Å². The monoisotopic (exact) mass is 618 g/mol. The number of carbonyl (C=O) groups is 3. The van der Waals surface area contributed by atoms with Crippen molar-refractivity contribution < 1.29 is 24.2 Å². The Morgan fingerprint density at radius 2 is 2.03 bits per heavy atom. The van der Waals surface area contributed by atoms with E-state index in [0.717, 1.165) is 24.8 Å². The number of thioether (sulfide) groups is 1. The molecule has 212 valence electrons. The standard InChI is InChI=1S/C30H39BrN2O5S/c1-4-7-12-17-38-29(37)23-24-27(35)33(22(19-34)20-13-10-9-11-14-20)26(30(24)18-21(31)25(23)39-30)28(36)32(15-6-3)16-8-5-2/h4,6,9-11,13-14,21-26,34H,1,3,5,7-8,12,15-19H2,2H3/t21?,22-,23-,24+,25-,26?,30?/m1/s1. The molecule has 2 amide bonds. The number of hydrogen-bond acceptors (Lipinski definition) is 6. The number of amides is 2. The van der Waals surface area contributed by atoms with Gasteiger partial charge in [0.1, 0.15) is 6.04 Å². The number of aliphatic hydroxyl groups excluding tert-OH is 1. The summed E-state index contributed by atoms with van der Waals surface area (Å²) < 4.78 is 4.87. The smallest absolute Gasteiger partial charge is 0.310 e. The van der Waals surface area contributed by atoms with Crippen molar-refractivity contribution in [2.75, 3.05) is 26.3 Å². The van der Waals surface area contributed by atoms with Crippen LogP contribution in [0.2, 0.25) is 0 Å². The Morgan fingerprint density at radius 1 is 1.28 bits per heavy atom. The minimum absolute atomic E-state index is 0.0414. The lowest BCUT2D eigenvalue weighted by molar-refractivity contribution is -0.154. The second-order valence-electron chi connectivity index (χ2n) is 10.5. The molecule has 2 bridgehead atoms. The van der Waals surface area contributed by atoms with E-state index in [4.69, 9.17) is 4.74 Å². The number of benzene rings is 1. The highest BCUT2D eigenvalue weighted by atomic mass is 79.9. The van der Waals surface area contributed by atoms with Crippen molar-refractivity contribution in [2.45, 2.75) is 65.9 Å². The van der Waals surface area contributed by atoms with Crippen LogP contribution in [-0.4, -0.2) is 79.9 Å². The maximum Gasteiger partial charge on any atom is 0.310 e. The summed E-state index contributed by atoms with van der Waals surface area (Å²) in [7, 11) is 0. The van der Waals surface area contributed by atoms with Crippen molar-refractivity contribution in [1.82, 2.24) is 9.80 Å². The molecular formula is C30H39BrN2O5S. The molecule has 0 aromatic heterocycles. The van der Waals surface area contributed by atoms with Crippen LogP contribution in [0.15, 0.2) is 55.6 Å². The summed E-state index contributed by atoms with van der Waals surface area (Å²) in [5, 5.41) is 10.4. The molecule has 3 aliphatic heterocycles. The van der Waals surface area contributed by atoms with Gasteiger partial charge in [-0.1, -0.05) is 71.8 Å². The summed E-state index contributed by atoms with van der Waals surface area (Å²) in [5.41, 5.74) is 0.754. The number of fused-ring (bicyclic) bond motifs is 1. The zero-order valence-electron chi connectivity index (χ0n) is 22.5. The Hall–Kier alpha value is -2.10. The van der Waals surface area contributed by atoms with Crippen LogP contribution in [0.5, 0.6) is 0 Å². The predicted molar refractivity (Wildman–Crippen MR) is 157 cm³/mol. The van der Waals surface area contributed by atoms with E-state index < -0.39 is 28.7 Å². The van der Waals surface area contributed by atoms with E-state index in [1.54, 1.807) is 33.7 Å². The fourth-order valence-electron chi connectivity index (χ4n) is 6.45. The molecular weight excluding hydrogens is 580 g/mol. The molecule has 1 spiro atoms. The molecule has 4 rings (SSSR count). The largest absolute Gasteiger partial charge is 0.465 e. The van der Waals surface area contributed by atoms with Gasteiger partial charge in [-0.25, -0.2) is 0 Å². The molecule has 9 heteroatoms. The predicted octanol–water partition coefficient (Wildman–Crippen LogP) is 4.51. The summed E-state index contributed by atoms with van der Waals surface area (Å²) >= 11 is 5.37. The second kappa shape index (κ2) is 13.0. The maximum atomic E-state index is 14.4. The number of hydrogen-bond donors (Lipinski definition) is 1. The normalized spacial score (nSPS) is 29.7. The molecule has 3 saturated heterocycles. The Balaban J connectivity index is 1.77. The van der Waals surface area contributed by atoms with Gasteiger partial charge in [0.05, 0.1) is 35.8 Å². The first-order chi connectivity index (χ1) is 18.9. The average molecular weight is 620 g/mol. The number of allylic oxidation sites excluding steroid dienone is 1. The van der Waals surface area contributed by atoms with E-state index in [1.165, 1.54) is 0 Å². The number of esters is 1. The number of halogens is 1. The molecule has 7 nitrogen and oxygen atoms in total. The van der Waals surface area contributed by atoms with E-state index >= 15 is 0 Å². The summed E-state index contributed by atoms with van der Waals surface area (Å²) in [6.45, 7) is 10.5. The summed E-state index contributed by atoms with van der Waals surface area (Å²) in [6, 6.07) is 7.80. The van der Waals surface area contributed by atoms with Crippen molar-refractivity contribution in [3.8, 4) is 0 Å². The highest BCUT2D eigenvalue weighted by Gasteiger charge is 2.76. The molecule has 1 N–H and O–H groups in total. The Morgan fingerprint density at radius 3 is 2.67 bits per heavy atom. The SMILES string of the molecule is C=CCCCOC(=O)[C@H]1[C@@H]2SC3(CC2Br)C(C(=O)N(CC=C)CCCC)N([C@H](CO)c2ccccc2)C(=O)[C@H]13. The molecule has 1 aromatic carbocycles. The molecule has 3 heterocycles. The first kappa shape index (κ1) is 29.9. The van der Waals surface area contributed by atoms with Crippen molar-refractivity contribution in [3.63, 3.8) is 0 Å². The van der Waals surface area contributed by atoms with Crippen LogP contribution in [0.25, 0.3) is 0 Å². The molecule has 3 fully saturated rings. The van der Waals surface area contributed by atoms with E-state index in [1.807, 2.05) is 30.3 Å². The fraction of sp³-hybridized carbons (Fsp3) is 0.567. The minimum Gasteiger partial charge on any atom is -0.465 e. The van der Waals surface area contributed by atoms with Crippen molar-refractivity contribution in [2.24, 2.45) is 11.8 Å². The first-order valence-corrected chi connectivity index (χ1v) is 15.6. The number of nitrogens with zero attached hydrogens (tertiary/aromatic N) is 2. The molecule has 3 unspecified atom stereocenters. The van der Waals surface area contributed by atoms with E-state index in [-0.39, 0.29) is 41.1 Å². The number of rotatable bonds is 14. The third kappa shape index (κ3) is 5.46. The van der Waals surface area contributed by atoms with E-state index in [0.29, 0.717) is 25.9 Å². The Labute approximate surface area is 244 Å². The van der Waals surface area contributed by atoms with Gasteiger partial charge >= 0.3 is 5.97 Å². The van der Waals surface area contributed by atoms with Gasteiger partial charge in [0.15, 0.2) is 0 Å². The van der Waals surface area contributed by atoms with Gasteiger partial charge in [0.2, 0.25) is 11.8 Å². The third-order valence-corrected chi connectivity index (χ3v) is 11.4. The number of likely N-dealkylation sites (tertiary alicyclic amines) is 1. The van der Waals surface area contributed by atoms with Gasteiger partial charge in [0.25, 0.3) is 0 Å². The third-order valence-electron chi connectivity index (χ3n) is 8.17. The fourth-order valence-corrected chi connectivity index (χ4v) is 10.0. The molecule has 7 atom stereocenters. The topological polar surface area (TPSA) is 87.2 Å². The van der Waals surface area contributed by atoms with Gasteiger partial charge in [-0.3, -0.25) is 14.4 Å². The lowest BCUT2D eigenvalue weighted by atomic mass is 9.71. The molecule has 39 heavy (non-hydrogen) atoms. The van der Waals surface area contributed by atoms with Gasteiger partial charge in [0, 0.05) is 23.2 Å². The Kier molecular flexibility index (Phi) is 9.99. The van der Waals surface area contributed by atoms with Crippen molar-refractivity contribution in [1.29, 1.82) is 0 Å². The Bertz CT molecular complexity index is 1070. The minimum atomic E-state index is -0.822. The number of ether oxygens (including phenoxy) is 1. The lowest BCUT2D eigenvalue weighted by Crippen LogP contribution is -2.56. The number of alkyl halides is 1. The van der Waals surface area contributed by atoms with Crippen LogP contribution >= 0.6 is 27.7 Å². The van der Waals surface area contributed by atoms with Gasteiger partial charge < -0.3 is 19.6 Å². The molecule has 3 aliphatic rings. The number of unbranched alkanes of at least 4 members (excludes halogenated alkanes) is 2. The highest BCUT2D eigenvalue weighted by Crippen LogP contribution is 2.68. The van der Waals surface area contributed by atoms with Crippen LogP contribution in [0.1, 0.15) is 50.6 Å². The quantitative estimate of drug-likeness (QED) is 0.143. The van der Waals surface area contributed by atoms with E-state index in [2.05, 4.69) is 36.0 Å². The average Bonchev–Trinajstić information content (AvgIpc) is 3.53. The zero-order valence-corrected chi connectivity index (χ0v) is 24.9. The maximum absolute atomic E-state index is 14.4. The molecule has 1 aromatic rings. The van der Waals surface area contributed by atoms with Crippen LogP contribution in [0, 0.1) is 11.8 Å². The molecule has 0 saturated carbocycles. The molecule has 0 aliphatic carbocycles. The van der Waals surface area contributed by atoms with E-state index in [9.17, 15) is 19.5 Å². The first-order valence-electron chi connectivity index (χ1n) is 13.8. The summed E-state index contributed by atoms with van der Waals surface area (Å²) in [6.07, 6.45) is 7.23. The number of carbonyl (C=O) groups excluding carboxylic acids is 3. The van der Waals surface area contributed by atoms with Gasteiger partial charge in [-0.15, -0.1) is 24.9 Å². The number of aliphatic hydroxyl groups is 1. The van der Waals surface area contributed by atoms with Crippen LogP contribution in [0.3, 0.4) is 0 Å². The lowest BCUT2D eigenvalue weighted by Gasteiger charge is -2.40. The van der Waals surface area contributed by atoms with Crippen molar-refractivity contribution >= 4 is 45.5 Å². The van der Waals surface area contributed by atoms with Crippen molar-refractivity contribution in [3.05, 3.63) is 61.2 Å². The zero-order chi connectivity index (χ0) is 28.2. The summed E-state index contributed by atoms with van der Waals surface area (Å²) in [5.74, 6) is -2.16.